The first-order valence-corrected chi connectivity index (χ1v) is 8.19. The highest BCUT2D eigenvalue weighted by molar-refractivity contribution is 9.10. The molecule has 3 rings (SSSR count). The maximum atomic E-state index is 12.9. The quantitative estimate of drug-likeness (QED) is 0.729. The summed E-state index contributed by atoms with van der Waals surface area (Å²) in [6.45, 7) is 2.40. The Morgan fingerprint density at radius 2 is 1.83 bits per heavy atom. The van der Waals surface area contributed by atoms with Crippen LogP contribution in [0, 0.1) is 5.82 Å². The second kappa shape index (κ2) is 6.80. The lowest BCUT2D eigenvalue weighted by atomic mass is 10.2. The highest BCUT2D eigenvalue weighted by Gasteiger charge is 2.24. The third-order valence-electron chi connectivity index (χ3n) is 3.65. The SMILES string of the molecule is O=C(c1ccc(F)cc1)N1CCN(c2nc(Cl)ncc2Br)CC1. The average molecular weight is 400 g/mol. The molecular formula is C15H13BrClFN4O. The van der Waals surface area contributed by atoms with Crippen LogP contribution >= 0.6 is 27.5 Å². The predicted molar refractivity (Wildman–Crippen MR) is 89.3 cm³/mol. The molecule has 0 N–H and O–H groups in total. The summed E-state index contributed by atoms with van der Waals surface area (Å²) in [5.74, 6) is 0.278. The van der Waals surface area contributed by atoms with E-state index in [1.54, 1.807) is 11.1 Å². The molecule has 0 bridgehead atoms. The molecule has 1 aromatic carbocycles. The molecule has 120 valence electrons. The van der Waals surface area contributed by atoms with Crippen LogP contribution in [0.5, 0.6) is 0 Å². The lowest BCUT2D eigenvalue weighted by Crippen LogP contribution is -2.49. The van der Waals surface area contributed by atoms with Crippen molar-refractivity contribution in [2.75, 3.05) is 31.1 Å². The molecule has 0 radical (unpaired) electrons. The molecule has 1 aliphatic rings. The first kappa shape index (κ1) is 16.1. The number of amides is 1. The van der Waals surface area contributed by atoms with Crippen LogP contribution in [0.1, 0.15) is 10.4 Å². The van der Waals surface area contributed by atoms with E-state index in [0.717, 1.165) is 10.3 Å². The lowest BCUT2D eigenvalue weighted by Gasteiger charge is -2.35. The monoisotopic (exact) mass is 398 g/mol. The standard InChI is InChI=1S/C15H13BrClFN4O/c16-12-9-19-15(17)20-13(12)21-5-7-22(8-6-21)14(23)10-1-3-11(18)4-2-10/h1-4,9H,5-8H2. The van der Waals surface area contributed by atoms with E-state index in [1.165, 1.54) is 24.3 Å². The normalized spacial score (nSPS) is 14.9. The van der Waals surface area contributed by atoms with Crippen molar-refractivity contribution in [1.82, 2.24) is 14.9 Å². The van der Waals surface area contributed by atoms with Crippen LogP contribution in [0.15, 0.2) is 34.9 Å². The van der Waals surface area contributed by atoms with Gasteiger partial charge in [-0.3, -0.25) is 4.79 Å². The Bertz CT molecular complexity index is 720. The minimum absolute atomic E-state index is 0.0931. The van der Waals surface area contributed by atoms with E-state index >= 15 is 0 Å². The van der Waals surface area contributed by atoms with E-state index in [4.69, 9.17) is 11.6 Å². The lowest BCUT2D eigenvalue weighted by molar-refractivity contribution is 0.0746. The first-order chi connectivity index (χ1) is 11.0. The summed E-state index contributed by atoms with van der Waals surface area (Å²) in [5, 5.41) is 0.188. The Kier molecular flexibility index (Phi) is 4.77. The van der Waals surface area contributed by atoms with E-state index in [0.29, 0.717) is 31.7 Å². The summed E-state index contributed by atoms with van der Waals surface area (Å²) < 4.78 is 13.7. The van der Waals surface area contributed by atoms with Crippen molar-refractivity contribution in [3.05, 3.63) is 51.6 Å². The van der Waals surface area contributed by atoms with Gasteiger partial charge in [0.2, 0.25) is 5.28 Å². The molecule has 1 aromatic heterocycles. The zero-order valence-corrected chi connectivity index (χ0v) is 14.4. The molecule has 23 heavy (non-hydrogen) atoms. The summed E-state index contributed by atoms with van der Waals surface area (Å²) in [6, 6.07) is 5.60. The number of anilines is 1. The van der Waals surface area contributed by atoms with Gasteiger partial charge in [-0.05, 0) is 51.8 Å². The van der Waals surface area contributed by atoms with Crippen molar-refractivity contribution in [2.45, 2.75) is 0 Å². The molecule has 5 nitrogen and oxygen atoms in total. The van der Waals surface area contributed by atoms with Crippen LogP contribution in [0.2, 0.25) is 5.28 Å². The van der Waals surface area contributed by atoms with Gasteiger partial charge in [0, 0.05) is 37.9 Å². The summed E-state index contributed by atoms with van der Waals surface area (Å²) >= 11 is 9.26. The molecule has 0 atom stereocenters. The Balaban J connectivity index is 1.67. The van der Waals surface area contributed by atoms with Gasteiger partial charge in [-0.2, -0.15) is 4.98 Å². The highest BCUT2D eigenvalue weighted by Crippen LogP contribution is 2.25. The number of nitrogens with zero attached hydrogens (tertiary/aromatic N) is 4. The predicted octanol–water partition coefficient (Wildman–Crippen LogP) is 2.99. The van der Waals surface area contributed by atoms with E-state index in [9.17, 15) is 9.18 Å². The van der Waals surface area contributed by atoms with Gasteiger partial charge in [-0.15, -0.1) is 0 Å². The molecule has 0 saturated carbocycles. The fourth-order valence-electron chi connectivity index (χ4n) is 2.46. The summed E-state index contributed by atoms with van der Waals surface area (Å²) in [4.78, 5) is 24.3. The van der Waals surface area contributed by atoms with Crippen molar-refractivity contribution in [2.24, 2.45) is 0 Å². The zero-order valence-electron chi connectivity index (χ0n) is 12.0. The average Bonchev–Trinajstić information content (AvgIpc) is 2.57. The van der Waals surface area contributed by atoms with Crippen LogP contribution in [0.3, 0.4) is 0 Å². The largest absolute Gasteiger partial charge is 0.352 e. The van der Waals surface area contributed by atoms with Gasteiger partial charge in [-0.1, -0.05) is 0 Å². The number of halogens is 3. The number of piperazine rings is 1. The Hall–Kier alpha value is -1.73. The Morgan fingerprint density at radius 1 is 1.17 bits per heavy atom. The third-order valence-corrected chi connectivity index (χ3v) is 4.40. The van der Waals surface area contributed by atoms with Gasteiger partial charge in [0.25, 0.3) is 5.91 Å². The van der Waals surface area contributed by atoms with Crippen molar-refractivity contribution in [1.29, 1.82) is 0 Å². The number of aromatic nitrogens is 2. The van der Waals surface area contributed by atoms with Gasteiger partial charge in [0.15, 0.2) is 0 Å². The minimum atomic E-state index is -0.350. The van der Waals surface area contributed by atoms with Gasteiger partial charge in [-0.25, -0.2) is 9.37 Å². The van der Waals surface area contributed by atoms with E-state index < -0.39 is 0 Å². The van der Waals surface area contributed by atoms with Crippen molar-refractivity contribution >= 4 is 39.3 Å². The Morgan fingerprint density at radius 3 is 2.48 bits per heavy atom. The number of benzene rings is 1. The summed E-state index contributed by atoms with van der Waals surface area (Å²) in [7, 11) is 0. The number of carbonyl (C=O) groups excluding carboxylic acids is 1. The van der Waals surface area contributed by atoms with Crippen molar-refractivity contribution < 1.29 is 9.18 Å². The number of hydrogen-bond acceptors (Lipinski definition) is 4. The van der Waals surface area contributed by atoms with Crippen LogP contribution in [0.4, 0.5) is 10.2 Å². The molecule has 1 amide bonds. The van der Waals surface area contributed by atoms with Gasteiger partial charge < -0.3 is 9.80 Å². The van der Waals surface area contributed by atoms with Crippen LogP contribution in [0.25, 0.3) is 0 Å². The first-order valence-electron chi connectivity index (χ1n) is 7.02. The van der Waals surface area contributed by atoms with Crippen molar-refractivity contribution in [3.8, 4) is 0 Å². The molecule has 0 unspecified atom stereocenters. The maximum absolute atomic E-state index is 12.9. The Labute approximate surface area is 146 Å². The molecule has 0 aliphatic carbocycles. The molecule has 1 aliphatic heterocycles. The molecule has 1 saturated heterocycles. The van der Waals surface area contributed by atoms with E-state index in [1.807, 2.05) is 4.90 Å². The number of hydrogen-bond donors (Lipinski definition) is 0. The highest BCUT2D eigenvalue weighted by atomic mass is 79.9. The smallest absolute Gasteiger partial charge is 0.253 e. The van der Waals surface area contributed by atoms with Crippen LogP contribution in [-0.4, -0.2) is 47.0 Å². The van der Waals surface area contributed by atoms with Gasteiger partial charge in [0.05, 0.1) is 4.47 Å². The molecular weight excluding hydrogens is 387 g/mol. The maximum Gasteiger partial charge on any atom is 0.253 e. The van der Waals surface area contributed by atoms with Gasteiger partial charge >= 0.3 is 0 Å². The number of carbonyl (C=O) groups is 1. The fourth-order valence-corrected chi connectivity index (χ4v) is 3.03. The van der Waals surface area contributed by atoms with E-state index in [2.05, 4.69) is 25.9 Å². The fraction of sp³-hybridized carbons (Fsp3) is 0.267. The van der Waals surface area contributed by atoms with E-state index in [-0.39, 0.29) is 17.0 Å². The molecule has 8 heteroatoms. The summed E-state index contributed by atoms with van der Waals surface area (Å²) in [6.07, 6.45) is 1.61. The topological polar surface area (TPSA) is 49.3 Å². The van der Waals surface area contributed by atoms with Crippen LogP contribution < -0.4 is 4.90 Å². The second-order valence-corrected chi connectivity index (χ2v) is 6.29. The second-order valence-electron chi connectivity index (χ2n) is 5.10. The van der Waals surface area contributed by atoms with Crippen LogP contribution in [-0.2, 0) is 0 Å². The third kappa shape index (κ3) is 3.61. The molecule has 1 fully saturated rings. The number of rotatable bonds is 2. The van der Waals surface area contributed by atoms with Gasteiger partial charge in [0.1, 0.15) is 11.6 Å². The minimum Gasteiger partial charge on any atom is -0.352 e. The molecule has 2 heterocycles. The molecule has 2 aromatic rings. The molecule has 0 spiro atoms. The zero-order chi connectivity index (χ0) is 16.4. The van der Waals surface area contributed by atoms with Crippen molar-refractivity contribution in [3.63, 3.8) is 0 Å². The summed E-state index contributed by atoms with van der Waals surface area (Å²) in [5.41, 5.74) is 0.492.